The van der Waals surface area contributed by atoms with Crippen LogP contribution < -0.4 is 5.32 Å². The maximum absolute atomic E-state index is 12.0. The molecule has 2 aromatic rings. The van der Waals surface area contributed by atoms with Gasteiger partial charge in [-0.2, -0.15) is 0 Å². The number of hydrogen-bond acceptors (Lipinski definition) is 3. The van der Waals surface area contributed by atoms with Crippen LogP contribution in [0.4, 0.5) is 0 Å². The highest BCUT2D eigenvalue weighted by atomic mass is 127. The predicted octanol–water partition coefficient (Wildman–Crippen LogP) is 2.11. The zero-order valence-electron chi connectivity index (χ0n) is 11.0. The molecule has 0 unspecified atom stereocenters. The average Bonchev–Trinajstić information content (AvgIpc) is 2.49. The van der Waals surface area contributed by atoms with Crippen molar-refractivity contribution in [2.75, 3.05) is 0 Å². The molecule has 0 radical (unpaired) electrons. The van der Waals surface area contributed by atoms with E-state index in [1.807, 2.05) is 24.3 Å². The first-order valence-corrected chi connectivity index (χ1v) is 7.32. The summed E-state index contributed by atoms with van der Waals surface area (Å²) in [5.74, 6) is -1.51. The van der Waals surface area contributed by atoms with E-state index < -0.39 is 17.9 Å². The zero-order valence-corrected chi connectivity index (χ0v) is 13.1. The molecule has 108 valence electrons. The van der Waals surface area contributed by atoms with Gasteiger partial charge >= 0.3 is 5.97 Å². The van der Waals surface area contributed by atoms with Crippen LogP contribution in [-0.4, -0.2) is 28.0 Å². The van der Waals surface area contributed by atoms with Gasteiger partial charge in [-0.3, -0.25) is 9.78 Å². The van der Waals surface area contributed by atoms with Crippen molar-refractivity contribution < 1.29 is 14.7 Å². The SMILES string of the molecule is O=C(N[C@H](Cc1ccc(I)cc1)C(=O)O)c1cccnc1. The molecule has 1 atom stereocenters. The van der Waals surface area contributed by atoms with E-state index in [4.69, 9.17) is 0 Å². The summed E-state index contributed by atoms with van der Waals surface area (Å²) in [7, 11) is 0. The Morgan fingerprint density at radius 1 is 1.24 bits per heavy atom. The Hall–Kier alpha value is -1.96. The normalized spacial score (nSPS) is 11.7. The Morgan fingerprint density at radius 3 is 2.52 bits per heavy atom. The van der Waals surface area contributed by atoms with Crippen molar-refractivity contribution in [1.29, 1.82) is 0 Å². The number of halogens is 1. The number of pyridine rings is 1. The minimum atomic E-state index is -1.06. The van der Waals surface area contributed by atoms with Crippen LogP contribution in [0.5, 0.6) is 0 Å². The van der Waals surface area contributed by atoms with Gasteiger partial charge in [0.05, 0.1) is 5.56 Å². The number of rotatable bonds is 5. The van der Waals surface area contributed by atoms with E-state index in [9.17, 15) is 14.7 Å². The summed E-state index contributed by atoms with van der Waals surface area (Å²) in [4.78, 5) is 27.1. The van der Waals surface area contributed by atoms with Crippen molar-refractivity contribution in [3.8, 4) is 0 Å². The van der Waals surface area contributed by atoms with E-state index in [1.165, 1.54) is 6.20 Å². The number of nitrogens with one attached hydrogen (secondary N) is 1. The van der Waals surface area contributed by atoms with Crippen LogP contribution in [-0.2, 0) is 11.2 Å². The lowest BCUT2D eigenvalue weighted by molar-refractivity contribution is -0.139. The molecular weight excluding hydrogens is 383 g/mol. The quantitative estimate of drug-likeness (QED) is 0.759. The molecule has 1 amide bonds. The minimum Gasteiger partial charge on any atom is -0.480 e. The number of aliphatic carboxylic acids is 1. The molecule has 1 aromatic carbocycles. The van der Waals surface area contributed by atoms with Gasteiger partial charge in [0.15, 0.2) is 0 Å². The summed E-state index contributed by atoms with van der Waals surface area (Å²) in [6, 6.07) is 9.76. The molecule has 2 rings (SSSR count). The number of carbonyl (C=O) groups is 2. The van der Waals surface area contributed by atoms with E-state index >= 15 is 0 Å². The molecule has 0 spiro atoms. The maximum Gasteiger partial charge on any atom is 0.326 e. The van der Waals surface area contributed by atoms with Crippen LogP contribution in [0.1, 0.15) is 15.9 Å². The molecule has 6 heteroatoms. The summed E-state index contributed by atoms with van der Waals surface area (Å²) in [5, 5.41) is 11.8. The summed E-state index contributed by atoms with van der Waals surface area (Å²) < 4.78 is 1.07. The lowest BCUT2D eigenvalue weighted by atomic mass is 10.1. The molecular formula is C15H13IN2O3. The lowest BCUT2D eigenvalue weighted by Gasteiger charge is -2.14. The fourth-order valence-electron chi connectivity index (χ4n) is 1.79. The van der Waals surface area contributed by atoms with Gasteiger partial charge in [0, 0.05) is 22.4 Å². The number of nitrogens with zero attached hydrogens (tertiary/aromatic N) is 1. The third kappa shape index (κ3) is 4.52. The number of hydrogen-bond donors (Lipinski definition) is 2. The van der Waals surface area contributed by atoms with E-state index in [2.05, 4.69) is 32.9 Å². The molecule has 0 aliphatic heterocycles. The van der Waals surface area contributed by atoms with E-state index in [1.54, 1.807) is 18.3 Å². The Bertz CT molecular complexity index is 629. The van der Waals surface area contributed by atoms with Crippen molar-refractivity contribution in [3.63, 3.8) is 0 Å². The fraction of sp³-hybridized carbons (Fsp3) is 0.133. The van der Waals surface area contributed by atoms with Crippen LogP contribution in [0.2, 0.25) is 0 Å². The second kappa shape index (κ2) is 7.16. The molecule has 1 heterocycles. The first-order chi connectivity index (χ1) is 10.1. The lowest BCUT2D eigenvalue weighted by Crippen LogP contribution is -2.42. The van der Waals surface area contributed by atoms with Crippen LogP contribution in [0, 0.1) is 3.57 Å². The molecule has 0 bridgehead atoms. The monoisotopic (exact) mass is 396 g/mol. The molecule has 21 heavy (non-hydrogen) atoms. The standard InChI is InChI=1S/C15H13IN2O3/c16-12-5-3-10(4-6-12)8-13(15(20)21)18-14(19)11-2-1-7-17-9-11/h1-7,9,13H,8H2,(H,18,19)(H,20,21)/t13-/m1/s1. The first-order valence-electron chi connectivity index (χ1n) is 6.24. The summed E-state index contributed by atoms with van der Waals surface area (Å²) >= 11 is 2.18. The topological polar surface area (TPSA) is 79.3 Å². The molecule has 0 fully saturated rings. The number of aromatic nitrogens is 1. The van der Waals surface area contributed by atoms with Crippen molar-refractivity contribution in [1.82, 2.24) is 10.3 Å². The fourth-order valence-corrected chi connectivity index (χ4v) is 2.15. The molecule has 1 aromatic heterocycles. The Morgan fingerprint density at radius 2 is 1.95 bits per heavy atom. The predicted molar refractivity (Wildman–Crippen MR) is 86.0 cm³/mol. The van der Waals surface area contributed by atoms with Gasteiger partial charge in [0.1, 0.15) is 6.04 Å². The summed E-state index contributed by atoms with van der Waals surface area (Å²) in [5.41, 5.74) is 1.20. The van der Waals surface area contributed by atoms with E-state index in [0.29, 0.717) is 5.56 Å². The van der Waals surface area contributed by atoms with E-state index in [0.717, 1.165) is 9.13 Å². The average molecular weight is 396 g/mol. The molecule has 5 nitrogen and oxygen atoms in total. The summed E-state index contributed by atoms with van der Waals surface area (Å²) in [6.07, 6.45) is 3.19. The Labute approximate surface area is 135 Å². The van der Waals surface area contributed by atoms with Gasteiger partial charge in [-0.15, -0.1) is 0 Å². The molecule has 0 saturated heterocycles. The van der Waals surface area contributed by atoms with Gasteiger partial charge < -0.3 is 10.4 Å². The van der Waals surface area contributed by atoms with Gasteiger partial charge in [-0.05, 0) is 52.4 Å². The largest absolute Gasteiger partial charge is 0.480 e. The Balaban J connectivity index is 2.07. The van der Waals surface area contributed by atoms with Gasteiger partial charge in [0.2, 0.25) is 0 Å². The second-order valence-electron chi connectivity index (χ2n) is 4.44. The van der Waals surface area contributed by atoms with Gasteiger partial charge in [0.25, 0.3) is 5.91 Å². The molecule has 0 aliphatic rings. The number of carbonyl (C=O) groups excluding carboxylic acids is 1. The maximum atomic E-state index is 12.0. The van der Waals surface area contributed by atoms with Crippen molar-refractivity contribution in [2.24, 2.45) is 0 Å². The smallest absolute Gasteiger partial charge is 0.326 e. The van der Waals surface area contributed by atoms with Crippen molar-refractivity contribution in [3.05, 3.63) is 63.5 Å². The molecule has 2 N–H and O–H groups in total. The highest BCUT2D eigenvalue weighted by Gasteiger charge is 2.21. The van der Waals surface area contributed by atoms with E-state index in [-0.39, 0.29) is 6.42 Å². The minimum absolute atomic E-state index is 0.234. The number of benzene rings is 1. The van der Waals surface area contributed by atoms with Crippen LogP contribution in [0.25, 0.3) is 0 Å². The van der Waals surface area contributed by atoms with Gasteiger partial charge in [-0.1, -0.05) is 12.1 Å². The van der Waals surface area contributed by atoms with Crippen molar-refractivity contribution >= 4 is 34.5 Å². The number of carboxylic acid groups (broad SMARTS) is 1. The number of carboxylic acids is 1. The second-order valence-corrected chi connectivity index (χ2v) is 5.68. The third-order valence-electron chi connectivity index (χ3n) is 2.88. The van der Waals surface area contributed by atoms with Crippen LogP contribution >= 0.6 is 22.6 Å². The van der Waals surface area contributed by atoms with Crippen LogP contribution in [0.15, 0.2) is 48.8 Å². The summed E-state index contributed by atoms with van der Waals surface area (Å²) in [6.45, 7) is 0. The highest BCUT2D eigenvalue weighted by Crippen LogP contribution is 2.09. The molecule has 0 aliphatic carbocycles. The van der Waals surface area contributed by atoms with Crippen molar-refractivity contribution in [2.45, 2.75) is 12.5 Å². The van der Waals surface area contributed by atoms with Crippen LogP contribution in [0.3, 0.4) is 0 Å². The molecule has 0 saturated carbocycles. The van der Waals surface area contributed by atoms with Gasteiger partial charge in [-0.25, -0.2) is 4.79 Å². The third-order valence-corrected chi connectivity index (χ3v) is 3.60. The Kier molecular flexibility index (Phi) is 5.26. The number of amides is 1. The highest BCUT2D eigenvalue weighted by molar-refractivity contribution is 14.1. The zero-order chi connectivity index (χ0) is 15.2. The first kappa shape index (κ1) is 15.4.